The Morgan fingerprint density at radius 2 is 1.68 bits per heavy atom. The minimum Gasteiger partial charge on any atom is -0.459 e. The molecule has 3 heterocycles. The van der Waals surface area contributed by atoms with E-state index >= 15 is 0 Å². The van der Waals surface area contributed by atoms with Crippen molar-refractivity contribution in [3.05, 3.63) is 84.4 Å². The van der Waals surface area contributed by atoms with Crippen molar-refractivity contribution in [2.24, 2.45) is 0 Å². The van der Waals surface area contributed by atoms with E-state index in [0.29, 0.717) is 18.4 Å². The molecule has 0 N–H and O–H groups in total. The van der Waals surface area contributed by atoms with Crippen molar-refractivity contribution in [3.63, 3.8) is 0 Å². The first-order chi connectivity index (χ1) is 15.4. The van der Waals surface area contributed by atoms with Crippen molar-refractivity contribution in [3.8, 4) is 11.3 Å². The van der Waals surface area contributed by atoms with Crippen LogP contribution in [0.3, 0.4) is 0 Å². The van der Waals surface area contributed by atoms with E-state index in [4.69, 9.17) is 19.4 Å². The van der Waals surface area contributed by atoms with Gasteiger partial charge in [-0.05, 0) is 5.56 Å². The number of anilines is 2. The van der Waals surface area contributed by atoms with E-state index in [0.717, 1.165) is 47.2 Å². The van der Waals surface area contributed by atoms with Gasteiger partial charge in [0.1, 0.15) is 12.1 Å². The lowest BCUT2D eigenvalue weighted by molar-refractivity contribution is 0.0780. The Bertz CT molecular complexity index is 1040. The van der Waals surface area contributed by atoms with Crippen LogP contribution in [0.25, 0.3) is 11.3 Å². The quantitative estimate of drug-likeness (QED) is 0.568. The van der Waals surface area contributed by atoms with Crippen molar-refractivity contribution < 1.29 is 9.47 Å². The molecule has 0 bridgehead atoms. The molecule has 5 rings (SSSR count). The molecule has 7 heteroatoms. The van der Waals surface area contributed by atoms with Crippen LogP contribution in [0.15, 0.2) is 78.9 Å². The SMILES string of the molecule is C1=C(N(Cc2ccccc2)c2nc(-c3ccccc3)cc(N3CCSCC3)n2)OCO1. The highest BCUT2D eigenvalue weighted by Gasteiger charge is 2.24. The highest BCUT2D eigenvalue weighted by Crippen LogP contribution is 2.29. The molecule has 1 saturated heterocycles. The largest absolute Gasteiger partial charge is 0.459 e. The number of hydrogen-bond acceptors (Lipinski definition) is 7. The molecule has 2 aliphatic rings. The van der Waals surface area contributed by atoms with Gasteiger partial charge in [-0.15, -0.1) is 0 Å². The maximum absolute atomic E-state index is 5.74. The number of ether oxygens (including phenoxy) is 2. The van der Waals surface area contributed by atoms with Crippen molar-refractivity contribution >= 4 is 23.5 Å². The summed E-state index contributed by atoms with van der Waals surface area (Å²) in [5.74, 6) is 4.39. The van der Waals surface area contributed by atoms with Crippen molar-refractivity contribution in [2.45, 2.75) is 6.54 Å². The highest BCUT2D eigenvalue weighted by atomic mass is 32.2. The molecular weight excluding hydrogens is 408 g/mol. The first-order valence-electron chi connectivity index (χ1n) is 10.4. The fraction of sp³-hybridized carbons (Fsp3) is 0.250. The smallest absolute Gasteiger partial charge is 0.235 e. The third kappa shape index (κ3) is 4.61. The molecule has 3 aromatic rings. The van der Waals surface area contributed by atoms with Crippen LogP contribution in [0.4, 0.5) is 11.8 Å². The average molecular weight is 433 g/mol. The van der Waals surface area contributed by atoms with Gasteiger partial charge in [0.2, 0.25) is 18.6 Å². The molecule has 158 valence electrons. The minimum atomic E-state index is 0.204. The summed E-state index contributed by atoms with van der Waals surface area (Å²) < 4.78 is 11.1. The summed E-state index contributed by atoms with van der Waals surface area (Å²) in [7, 11) is 0. The molecule has 6 nitrogen and oxygen atoms in total. The predicted octanol–water partition coefficient (Wildman–Crippen LogP) is 4.51. The minimum absolute atomic E-state index is 0.204. The van der Waals surface area contributed by atoms with Gasteiger partial charge in [-0.1, -0.05) is 60.7 Å². The fourth-order valence-electron chi connectivity index (χ4n) is 3.64. The summed E-state index contributed by atoms with van der Waals surface area (Å²) in [5, 5.41) is 0. The molecule has 1 fully saturated rings. The zero-order valence-corrected chi connectivity index (χ0v) is 18.0. The van der Waals surface area contributed by atoms with Gasteiger partial charge in [0, 0.05) is 36.2 Å². The third-order valence-electron chi connectivity index (χ3n) is 5.26. The van der Waals surface area contributed by atoms with E-state index in [1.165, 1.54) is 0 Å². The Morgan fingerprint density at radius 1 is 0.935 bits per heavy atom. The predicted molar refractivity (Wildman–Crippen MR) is 125 cm³/mol. The standard InChI is InChI=1S/C24H24N4O2S/c1-3-7-19(8-4-1)16-28(23-17-29-18-30-23)24-25-21(20-9-5-2-6-10-20)15-22(26-24)27-11-13-31-14-12-27/h1-10,15,17H,11-14,16,18H2. The van der Waals surface area contributed by atoms with Crippen LogP contribution in [-0.4, -0.2) is 41.4 Å². The summed E-state index contributed by atoms with van der Waals surface area (Å²) in [6, 6.07) is 22.6. The molecule has 0 spiro atoms. The van der Waals surface area contributed by atoms with Gasteiger partial charge in [0.15, 0.2) is 0 Å². The van der Waals surface area contributed by atoms with Crippen LogP contribution in [0.1, 0.15) is 5.56 Å². The second-order valence-electron chi connectivity index (χ2n) is 7.33. The Balaban J connectivity index is 1.58. The van der Waals surface area contributed by atoms with Gasteiger partial charge in [0.25, 0.3) is 0 Å². The van der Waals surface area contributed by atoms with Gasteiger partial charge in [-0.3, -0.25) is 4.90 Å². The van der Waals surface area contributed by atoms with Crippen LogP contribution >= 0.6 is 11.8 Å². The van der Waals surface area contributed by atoms with Gasteiger partial charge in [-0.2, -0.15) is 16.7 Å². The second-order valence-corrected chi connectivity index (χ2v) is 8.56. The number of nitrogens with zero attached hydrogens (tertiary/aromatic N) is 4. The monoisotopic (exact) mass is 432 g/mol. The average Bonchev–Trinajstić information content (AvgIpc) is 3.39. The van der Waals surface area contributed by atoms with E-state index in [9.17, 15) is 0 Å². The molecule has 0 radical (unpaired) electrons. The van der Waals surface area contributed by atoms with Crippen LogP contribution < -0.4 is 9.80 Å². The summed E-state index contributed by atoms with van der Waals surface area (Å²) in [6.45, 7) is 2.76. The van der Waals surface area contributed by atoms with E-state index in [1.807, 2.05) is 53.1 Å². The van der Waals surface area contributed by atoms with Crippen molar-refractivity contribution in [1.29, 1.82) is 0 Å². The molecule has 0 saturated carbocycles. The number of aromatic nitrogens is 2. The molecule has 0 atom stereocenters. The number of rotatable bonds is 6. The maximum Gasteiger partial charge on any atom is 0.235 e. The van der Waals surface area contributed by atoms with Crippen LogP contribution in [0.2, 0.25) is 0 Å². The van der Waals surface area contributed by atoms with E-state index in [1.54, 1.807) is 6.26 Å². The van der Waals surface area contributed by atoms with Crippen LogP contribution in [0.5, 0.6) is 0 Å². The first-order valence-corrected chi connectivity index (χ1v) is 11.6. The lowest BCUT2D eigenvalue weighted by Crippen LogP contribution is -2.34. The molecule has 2 aromatic carbocycles. The van der Waals surface area contributed by atoms with E-state index < -0.39 is 0 Å². The zero-order chi connectivity index (χ0) is 20.9. The fourth-order valence-corrected chi connectivity index (χ4v) is 4.55. The lowest BCUT2D eigenvalue weighted by atomic mass is 10.1. The third-order valence-corrected chi connectivity index (χ3v) is 6.20. The Hall–Kier alpha value is -3.19. The summed E-state index contributed by atoms with van der Waals surface area (Å²) in [5.41, 5.74) is 3.11. The summed E-state index contributed by atoms with van der Waals surface area (Å²) >= 11 is 1.99. The molecule has 0 amide bonds. The second kappa shape index (κ2) is 9.31. The van der Waals surface area contributed by atoms with Crippen LogP contribution in [0, 0.1) is 0 Å². The summed E-state index contributed by atoms with van der Waals surface area (Å²) in [4.78, 5) is 14.3. The number of benzene rings is 2. The Labute approximate surface area is 186 Å². The number of thioether (sulfide) groups is 1. The normalized spacial score (nSPS) is 15.7. The maximum atomic E-state index is 5.74. The lowest BCUT2D eigenvalue weighted by Gasteiger charge is -2.29. The molecule has 2 aliphatic heterocycles. The van der Waals surface area contributed by atoms with Gasteiger partial charge in [0.05, 0.1) is 12.2 Å². The van der Waals surface area contributed by atoms with Crippen LogP contribution in [-0.2, 0) is 16.0 Å². The topological polar surface area (TPSA) is 50.7 Å². The zero-order valence-electron chi connectivity index (χ0n) is 17.2. The molecule has 1 aromatic heterocycles. The van der Waals surface area contributed by atoms with Gasteiger partial charge >= 0.3 is 0 Å². The molecular formula is C24H24N4O2S. The van der Waals surface area contributed by atoms with Crippen molar-refractivity contribution in [2.75, 3.05) is 41.2 Å². The Morgan fingerprint density at radius 3 is 2.39 bits per heavy atom. The molecule has 31 heavy (non-hydrogen) atoms. The first kappa shape index (κ1) is 19.8. The summed E-state index contributed by atoms with van der Waals surface area (Å²) in [6.07, 6.45) is 1.64. The van der Waals surface area contributed by atoms with E-state index in [-0.39, 0.29) is 6.79 Å². The van der Waals surface area contributed by atoms with Crippen molar-refractivity contribution in [1.82, 2.24) is 9.97 Å². The van der Waals surface area contributed by atoms with E-state index in [2.05, 4.69) is 35.2 Å². The highest BCUT2D eigenvalue weighted by molar-refractivity contribution is 7.99. The van der Waals surface area contributed by atoms with Gasteiger partial charge in [-0.25, -0.2) is 4.98 Å². The Kier molecular flexibility index (Phi) is 5.93. The van der Waals surface area contributed by atoms with Gasteiger partial charge < -0.3 is 14.4 Å². The number of hydrogen-bond donors (Lipinski definition) is 0. The molecule has 0 aliphatic carbocycles. The molecule has 0 unspecified atom stereocenters.